The number of rotatable bonds is 3. The summed E-state index contributed by atoms with van der Waals surface area (Å²) in [4.78, 5) is 8.41. The third kappa shape index (κ3) is 2.05. The molecule has 0 aromatic carbocycles. The Balaban J connectivity index is 2.26. The van der Waals surface area contributed by atoms with E-state index in [1.807, 2.05) is 10.6 Å². The summed E-state index contributed by atoms with van der Waals surface area (Å²) < 4.78 is 2.02. The molecule has 2 rings (SSSR count). The van der Waals surface area contributed by atoms with Crippen molar-refractivity contribution in [1.82, 2.24) is 14.5 Å². The SMILES string of the molecule is Cc1cccnc1Cn1cncc1CN. The second-order valence-electron chi connectivity index (χ2n) is 3.48. The number of aryl methyl sites for hydroxylation is 1. The number of hydrogen-bond acceptors (Lipinski definition) is 3. The van der Waals surface area contributed by atoms with Crippen LogP contribution < -0.4 is 5.73 Å². The highest BCUT2D eigenvalue weighted by molar-refractivity contribution is 5.18. The minimum Gasteiger partial charge on any atom is -0.327 e. The second kappa shape index (κ2) is 4.23. The molecule has 0 aliphatic rings. The van der Waals surface area contributed by atoms with E-state index in [-0.39, 0.29) is 0 Å². The normalized spacial score (nSPS) is 10.5. The van der Waals surface area contributed by atoms with E-state index in [1.165, 1.54) is 5.56 Å². The van der Waals surface area contributed by atoms with Crippen LogP contribution in [-0.4, -0.2) is 14.5 Å². The van der Waals surface area contributed by atoms with Gasteiger partial charge in [-0.05, 0) is 18.6 Å². The molecular formula is C11H14N4. The van der Waals surface area contributed by atoms with Crippen molar-refractivity contribution in [2.75, 3.05) is 0 Å². The smallest absolute Gasteiger partial charge is 0.0952 e. The van der Waals surface area contributed by atoms with Gasteiger partial charge in [-0.2, -0.15) is 0 Å². The van der Waals surface area contributed by atoms with Gasteiger partial charge in [0.2, 0.25) is 0 Å². The van der Waals surface area contributed by atoms with Crippen molar-refractivity contribution >= 4 is 0 Å². The molecule has 15 heavy (non-hydrogen) atoms. The minimum absolute atomic E-state index is 0.506. The topological polar surface area (TPSA) is 56.7 Å². The van der Waals surface area contributed by atoms with E-state index in [4.69, 9.17) is 5.73 Å². The van der Waals surface area contributed by atoms with E-state index < -0.39 is 0 Å². The lowest BCUT2D eigenvalue weighted by Crippen LogP contribution is -2.09. The monoisotopic (exact) mass is 202 g/mol. The zero-order valence-electron chi connectivity index (χ0n) is 8.72. The van der Waals surface area contributed by atoms with Crippen LogP contribution in [0.1, 0.15) is 17.0 Å². The lowest BCUT2D eigenvalue weighted by molar-refractivity contribution is 0.719. The van der Waals surface area contributed by atoms with Gasteiger partial charge in [0.25, 0.3) is 0 Å². The molecule has 0 saturated carbocycles. The van der Waals surface area contributed by atoms with E-state index in [9.17, 15) is 0 Å². The standard InChI is InChI=1S/C11H14N4/c1-9-3-2-4-14-11(9)7-15-8-13-6-10(15)5-12/h2-4,6,8H,5,7,12H2,1H3. The summed E-state index contributed by atoms with van der Waals surface area (Å²) in [6.07, 6.45) is 5.38. The average Bonchev–Trinajstić information content (AvgIpc) is 2.69. The fourth-order valence-electron chi connectivity index (χ4n) is 1.51. The summed E-state index contributed by atoms with van der Waals surface area (Å²) >= 11 is 0. The maximum Gasteiger partial charge on any atom is 0.0952 e. The molecule has 78 valence electrons. The summed E-state index contributed by atoms with van der Waals surface area (Å²) in [5.74, 6) is 0. The zero-order chi connectivity index (χ0) is 10.7. The number of nitrogens with two attached hydrogens (primary N) is 1. The maximum atomic E-state index is 5.61. The Morgan fingerprint density at radius 3 is 3.07 bits per heavy atom. The molecule has 2 heterocycles. The number of imidazole rings is 1. The fraction of sp³-hybridized carbons (Fsp3) is 0.273. The molecule has 0 bridgehead atoms. The highest BCUT2D eigenvalue weighted by atomic mass is 15.1. The summed E-state index contributed by atoms with van der Waals surface area (Å²) in [6, 6.07) is 4.00. The van der Waals surface area contributed by atoms with E-state index >= 15 is 0 Å². The molecule has 4 heteroatoms. The van der Waals surface area contributed by atoms with Crippen LogP contribution in [0.15, 0.2) is 30.9 Å². The summed E-state index contributed by atoms with van der Waals surface area (Å²) in [6.45, 7) is 3.30. The molecule has 0 aliphatic heterocycles. The van der Waals surface area contributed by atoms with Crippen LogP contribution in [0.2, 0.25) is 0 Å². The first-order valence-electron chi connectivity index (χ1n) is 4.91. The summed E-state index contributed by atoms with van der Waals surface area (Å²) in [5.41, 5.74) is 8.88. The molecule has 0 atom stereocenters. The third-order valence-electron chi connectivity index (χ3n) is 2.45. The summed E-state index contributed by atoms with van der Waals surface area (Å²) in [5, 5.41) is 0. The zero-order valence-corrected chi connectivity index (χ0v) is 8.72. The van der Waals surface area contributed by atoms with Gasteiger partial charge in [0, 0.05) is 18.9 Å². The van der Waals surface area contributed by atoms with Gasteiger partial charge in [0.1, 0.15) is 0 Å². The number of pyridine rings is 1. The molecule has 0 spiro atoms. The third-order valence-corrected chi connectivity index (χ3v) is 2.45. The second-order valence-corrected chi connectivity index (χ2v) is 3.48. The van der Waals surface area contributed by atoms with Crippen molar-refractivity contribution < 1.29 is 0 Å². The van der Waals surface area contributed by atoms with Gasteiger partial charge in [-0.3, -0.25) is 4.98 Å². The Morgan fingerprint density at radius 2 is 2.33 bits per heavy atom. The predicted molar refractivity (Wildman–Crippen MR) is 58.2 cm³/mol. The van der Waals surface area contributed by atoms with Gasteiger partial charge in [-0.25, -0.2) is 4.98 Å². The quantitative estimate of drug-likeness (QED) is 0.810. The van der Waals surface area contributed by atoms with Crippen molar-refractivity contribution in [1.29, 1.82) is 0 Å². The van der Waals surface area contributed by atoms with Gasteiger partial charge < -0.3 is 10.3 Å². The Labute approximate surface area is 88.8 Å². The van der Waals surface area contributed by atoms with E-state index in [2.05, 4.69) is 23.0 Å². The minimum atomic E-state index is 0.506. The Hall–Kier alpha value is -1.68. The average molecular weight is 202 g/mol. The summed E-state index contributed by atoms with van der Waals surface area (Å²) in [7, 11) is 0. The van der Waals surface area contributed by atoms with Crippen LogP contribution in [0.25, 0.3) is 0 Å². The molecule has 0 aliphatic carbocycles. The lowest BCUT2D eigenvalue weighted by atomic mass is 10.2. The molecule has 2 aromatic rings. The number of nitrogens with zero attached hydrogens (tertiary/aromatic N) is 3. The van der Waals surface area contributed by atoms with E-state index in [0.717, 1.165) is 17.9 Å². The van der Waals surface area contributed by atoms with Gasteiger partial charge in [0.15, 0.2) is 0 Å². The van der Waals surface area contributed by atoms with Crippen LogP contribution in [0, 0.1) is 6.92 Å². The first-order valence-corrected chi connectivity index (χ1v) is 4.91. The molecule has 0 radical (unpaired) electrons. The van der Waals surface area contributed by atoms with Gasteiger partial charge >= 0.3 is 0 Å². The van der Waals surface area contributed by atoms with E-state index in [0.29, 0.717) is 6.54 Å². The lowest BCUT2D eigenvalue weighted by Gasteiger charge is -2.07. The fourth-order valence-corrected chi connectivity index (χ4v) is 1.51. The Morgan fingerprint density at radius 1 is 1.47 bits per heavy atom. The van der Waals surface area contributed by atoms with Gasteiger partial charge in [0.05, 0.1) is 24.3 Å². The number of hydrogen-bond donors (Lipinski definition) is 1. The Kier molecular flexibility index (Phi) is 2.78. The molecule has 0 amide bonds. The molecule has 2 aromatic heterocycles. The van der Waals surface area contributed by atoms with Crippen LogP contribution >= 0.6 is 0 Å². The number of aromatic nitrogens is 3. The highest BCUT2D eigenvalue weighted by Crippen LogP contribution is 2.07. The molecule has 0 unspecified atom stereocenters. The van der Waals surface area contributed by atoms with Crippen molar-refractivity contribution in [2.45, 2.75) is 20.0 Å². The van der Waals surface area contributed by atoms with Crippen LogP contribution in [0.5, 0.6) is 0 Å². The first kappa shape index (κ1) is 9.86. The molecule has 2 N–H and O–H groups in total. The molecule has 0 saturated heterocycles. The van der Waals surface area contributed by atoms with E-state index in [1.54, 1.807) is 18.7 Å². The molecular weight excluding hydrogens is 188 g/mol. The molecule has 4 nitrogen and oxygen atoms in total. The predicted octanol–water partition coefficient (Wildman–Crippen LogP) is 1.09. The van der Waals surface area contributed by atoms with Crippen LogP contribution in [0.3, 0.4) is 0 Å². The van der Waals surface area contributed by atoms with Gasteiger partial charge in [-0.1, -0.05) is 6.07 Å². The molecule has 0 fully saturated rings. The van der Waals surface area contributed by atoms with Crippen LogP contribution in [-0.2, 0) is 13.1 Å². The Bertz CT molecular complexity index is 447. The maximum absolute atomic E-state index is 5.61. The van der Waals surface area contributed by atoms with Gasteiger partial charge in [-0.15, -0.1) is 0 Å². The van der Waals surface area contributed by atoms with Crippen molar-refractivity contribution in [3.63, 3.8) is 0 Å². The largest absolute Gasteiger partial charge is 0.327 e. The van der Waals surface area contributed by atoms with Crippen molar-refractivity contribution in [2.24, 2.45) is 5.73 Å². The first-order chi connectivity index (χ1) is 7.31. The van der Waals surface area contributed by atoms with Crippen molar-refractivity contribution in [3.05, 3.63) is 47.8 Å². The highest BCUT2D eigenvalue weighted by Gasteiger charge is 2.03. The van der Waals surface area contributed by atoms with Crippen LogP contribution in [0.4, 0.5) is 0 Å². The van der Waals surface area contributed by atoms with Crippen molar-refractivity contribution in [3.8, 4) is 0 Å².